The van der Waals surface area contributed by atoms with Crippen LogP contribution in [-0.4, -0.2) is 23.5 Å². The summed E-state index contributed by atoms with van der Waals surface area (Å²) in [5.74, 6) is 0.924. The summed E-state index contributed by atoms with van der Waals surface area (Å²) < 4.78 is 0. The van der Waals surface area contributed by atoms with Crippen LogP contribution < -0.4 is 0 Å². The van der Waals surface area contributed by atoms with Crippen LogP contribution in [0.1, 0.15) is 40.5 Å². The molecule has 0 aliphatic carbocycles. The molecule has 0 amide bonds. The van der Waals surface area contributed by atoms with Crippen LogP contribution in [0.5, 0.6) is 0 Å². The molecule has 1 saturated heterocycles. The van der Waals surface area contributed by atoms with Gasteiger partial charge >= 0.3 is 0 Å². The van der Waals surface area contributed by atoms with Crippen molar-refractivity contribution in [2.24, 2.45) is 5.92 Å². The van der Waals surface area contributed by atoms with E-state index >= 15 is 0 Å². The first kappa shape index (κ1) is 9.05. The maximum absolute atomic E-state index is 2.59. The summed E-state index contributed by atoms with van der Waals surface area (Å²) in [6, 6.07) is 0. The van der Waals surface area contributed by atoms with Crippen molar-refractivity contribution in [3.63, 3.8) is 0 Å². The molecule has 1 aliphatic heterocycles. The zero-order valence-electron chi connectivity index (χ0n) is 8.35. The lowest BCUT2D eigenvalue weighted by atomic mass is 9.84. The lowest BCUT2D eigenvalue weighted by molar-refractivity contribution is 0.0570. The Morgan fingerprint density at radius 1 is 1.45 bits per heavy atom. The van der Waals surface area contributed by atoms with Gasteiger partial charge in [0, 0.05) is 5.54 Å². The molecule has 0 radical (unpaired) electrons. The van der Waals surface area contributed by atoms with Gasteiger partial charge in [0.25, 0.3) is 0 Å². The summed E-state index contributed by atoms with van der Waals surface area (Å²) >= 11 is 0. The molecule has 0 spiro atoms. The highest BCUT2D eigenvalue weighted by Gasteiger charge is 2.31. The van der Waals surface area contributed by atoms with E-state index in [2.05, 4.69) is 32.6 Å². The van der Waals surface area contributed by atoms with Crippen LogP contribution in [0.3, 0.4) is 0 Å². The standard InChI is InChI=1S/C10H21N/c1-5-11-7-6-9(2)8-10(11,3)4/h9H,5-8H2,1-4H3. The molecule has 1 nitrogen and oxygen atoms in total. The molecule has 0 aromatic carbocycles. The minimum Gasteiger partial charge on any atom is -0.298 e. The number of hydrogen-bond donors (Lipinski definition) is 0. The molecule has 1 unspecified atom stereocenters. The normalized spacial score (nSPS) is 32.2. The molecule has 0 aromatic heterocycles. The Hall–Kier alpha value is -0.0400. The molecule has 0 saturated carbocycles. The smallest absolute Gasteiger partial charge is 0.0155 e. The lowest BCUT2D eigenvalue weighted by Crippen LogP contribution is -2.49. The van der Waals surface area contributed by atoms with Gasteiger partial charge in [0.1, 0.15) is 0 Å². The minimum absolute atomic E-state index is 0.451. The van der Waals surface area contributed by atoms with Gasteiger partial charge < -0.3 is 0 Å². The second-order valence-electron chi connectivity index (χ2n) is 4.49. The monoisotopic (exact) mass is 155 g/mol. The largest absolute Gasteiger partial charge is 0.298 e. The molecule has 0 bridgehead atoms. The van der Waals surface area contributed by atoms with E-state index in [4.69, 9.17) is 0 Å². The maximum atomic E-state index is 2.59. The zero-order valence-corrected chi connectivity index (χ0v) is 8.35. The Labute approximate surface area is 70.8 Å². The Morgan fingerprint density at radius 3 is 2.55 bits per heavy atom. The van der Waals surface area contributed by atoms with E-state index in [0.717, 1.165) is 5.92 Å². The third kappa shape index (κ3) is 1.96. The SMILES string of the molecule is CCN1CCC(C)CC1(C)C. The number of hydrogen-bond acceptors (Lipinski definition) is 1. The molecule has 66 valence electrons. The molecular formula is C10H21N. The number of likely N-dealkylation sites (tertiary alicyclic amines) is 1. The summed E-state index contributed by atoms with van der Waals surface area (Å²) in [6.45, 7) is 11.9. The number of piperidine rings is 1. The van der Waals surface area contributed by atoms with Gasteiger partial charge in [0.15, 0.2) is 0 Å². The lowest BCUT2D eigenvalue weighted by Gasteiger charge is -2.44. The molecule has 1 heteroatoms. The summed E-state index contributed by atoms with van der Waals surface area (Å²) in [5, 5.41) is 0. The van der Waals surface area contributed by atoms with Crippen molar-refractivity contribution in [3.8, 4) is 0 Å². The van der Waals surface area contributed by atoms with Crippen molar-refractivity contribution in [1.29, 1.82) is 0 Å². The molecule has 1 atom stereocenters. The Morgan fingerprint density at radius 2 is 2.09 bits per heavy atom. The molecular weight excluding hydrogens is 134 g/mol. The van der Waals surface area contributed by atoms with Crippen LogP contribution in [-0.2, 0) is 0 Å². The van der Waals surface area contributed by atoms with E-state index in [0.29, 0.717) is 5.54 Å². The van der Waals surface area contributed by atoms with Crippen molar-refractivity contribution in [2.75, 3.05) is 13.1 Å². The van der Waals surface area contributed by atoms with Gasteiger partial charge in [-0.05, 0) is 45.7 Å². The third-order valence-electron chi connectivity index (χ3n) is 2.98. The molecule has 1 fully saturated rings. The summed E-state index contributed by atoms with van der Waals surface area (Å²) in [7, 11) is 0. The quantitative estimate of drug-likeness (QED) is 0.562. The highest BCUT2D eigenvalue weighted by molar-refractivity contribution is 4.87. The summed E-state index contributed by atoms with van der Waals surface area (Å²) in [4.78, 5) is 2.59. The Kier molecular flexibility index (Phi) is 2.58. The highest BCUT2D eigenvalue weighted by Crippen LogP contribution is 2.30. The van der Waals surface area contributed by atoms with Gasteiger partial charge in [-0.1, -0.05) is 13.8 Å². The van der Waals surface area contributed by atoms with Crippen molar-refractivity contribution in [3.05, 3.63) is 0 Å². The van der Waals surface area contributed by atoms with Gasteiger partial charge in [-0.3, -0.25) is 4.90 Å². The van der Waals surface area contributed by atoms with Crippen LogP contribution in [0.4, 0.5) is 0 Å². The second-order valence-corrected chi connectivity index (χ2v) is 4.49. The van der Waals surface area contributed by atoms with Crippen LogP contribution in [0.2, 0.25) is 0 Å². The molecule has 0 aromatic rings. The first-order valence-corrected chi connectivity index (χ1v) is 4.81. The van der Waals surface area contributed by atoms with Gasteiger partial charge in [-0.2, -0.15) is 0 Å². The predicted octanol–water partition coefficient (Wildman–Crippen LogP) is 2.52. The molecule has 1 heterocycles. The molecule has 0 N–H and O–H groups in total. The second kappa shape index (κ2) is 3.14. The van der Waals surface area contributed by atoms with Gasteiger partial charge in [0.2, 0.25) is 0 Å². The van der Waals surface area contributed by atoms with Crippen molar-refractivity contribution in [2.45, 2.75) is 46.1 Å². The van der Waals surface area contributed by atoms with Gasteiger partial charge in [-0.25, -0.2) is 0 Å². The van der Waals surface area contributed by atoms with E-state index in [1.807, 2.05) is 0 Å². The van der Waals surface area contributed by atoms with Crippen LogP contribution in [0.15, 0.2) is 0 Å². The summed E-state index contributed by atoms with van der Waals surface area (Å²) in [5.41, 5.74) is 0.451. The minimum atomic E-state index is 0.451. The van der Waals surface area contributed by atoms with E-state index < -0.39 is 0 Å². The Bertz CT molecular complexity index is 129. The van der Waals surface area contributed by atoms with Crippen molar-refractivity contribution < 1.29 is 0 Å². The van der Waals surface area contributed by atoms with Gasteiger partial charge in [0.05, 0.1) is 0 Å². The number of nitrogens with zero attached hydrogens (tertiary/aromatic N) is 1. The van der Waals surface area contributed by atoms with Crippen LogP contribution in [0.25, 0.3) is 0 Å². The van der Waals surface area contributed by atoms with Crippen molar-refractivity contribution in [1.82, 2.24) is 4.90 Å². The van der Waals surface area contributed by atoms with Crippen molar-refractivity contribution >= 4 is 0 Å². The first-order valence-electron chi connectivity index (χ1n) is 4.81. The fraction of sp³-hybridized carbons (Fsp3) is 1.00. The molecule has 11 heavy (non-hydrogen) atoms. The molecule has 1 rings (SSSR count). The highest BCUT2D eigenvalue weighted by atomic mass is 15.2. The average molecular weight is 155 g/mol. The maximum Gasteiger partial charge on any atom is 0.0155 e. The van der Waals surface area contributed by atoms with E-state index in [1.165, 1.54) is 25.9 Å². The Balaban J connectivity index is 2.56. The fourth-order valence-corrected chi connectivity index (χ4v) is 2.35. The summed E-state index contributed by atoms with van der Waals surface area (Å²) in [6.07, 6.45) is 2.75. The van der Waals surface area contributed by atoms with Crippen LogP contribution in [0, 0.1) is 5.92 Å². The number of rotatable bonds is 1. The molecule has 1 aliphatic rings. The van der Waals surface area contributed by atoms with E-state index in [-0.39, 0.29) is 0 Å². The third-order valence-corrected chi connectivity index (χ3v) is 2.98. The zero-order chi connectivity index (χ0) is 8.48. The van der Waals surface area contributed by atoms with Crippen LogP contribution >= 0.6 is 0 Å². The first-order chi connectivity index (χ1) is 5.06. The van der Waals surface area contributed by atoms with Gasteiger partial charge in [-0.15, -0.1) is 0 Å². The topological polar surface area (TPSA) is 3.24 Å². The predicted molar refractivity (Wildman–Crippen MR) is 49.7 cm³/mol. The van der Waals surface area contributed by atoms with E-state index in [1.54, 1.807) is 0 Å². The average Bonchev–Trinajstić information content (AvgIpc) is 1.85. The fourth-order valence-electron chi connectivity index (χ4n) is 2.35. The van der Waals surface area contributed by atoms with E-state index in [9.17, 15) is 0 Å².